The minimum absolute atomic E-state index is 0.00723. The van der Waals surface area contributed by atoms with Crippen molar-refractivity contribution >= 4 is 0 Å². The van der Waals surface area contributed by atoms with Crippen LogP contribution in [0.5, 0.6) is 0 Å². The quantitative estimate of drug-likeness (QED) is 0.690. The molecule has 0 N–H and O–H groups in total. The monoisotopic (exact) mass is 211 g/mol. The zero-order valence-corrected chi connectivity index (χ0v) is 8.84. The molecule has 1 heterocycles. The molecule has 1 aliphatic rings. The number of aromatic nitrogens is 1. The maximum Gasteiger partial charge on any atom is 0.248 e. The van der Waals surface area contributed by atoms with Gasteiger partial charge in [-0.2, -0.15) is 0 Å². The van der Waals surface area contributed by atoms with E-state index in [-0.39, 0.29) is 18.8 Å². The number of aryl methyl sites for hydroxylation is 1. The van der Waals surface area contributed by atoms with Gasteiger partial charge in [0.05, 0.1) is 0 Å². The highest BCUT2D eigenvalue weighted by Gasteiger charge is 2.35. The number of hydrogen-bond donors (Lipinski definition) is 0. The molecule has 1 saturated carbocycles. The Morgan fingerprint density at radius 2 is 2.00 bits per heavy atom. The Hall–Kier alpha value is -0.990. The molecule has 2 rings (SSSR count). The van der Waals surface area contributed by atoms with Crippen LogP contribution in [-0.2, 0) is 0 Å². The summed E-state index contributed by atoms with van der Waals surface area (Å²) in [6, 6.07) is 3.94. The molecule has 0 amide bonds. The molecule has 1 fully saturated rings. The van der Waals surface area contributed by atoms with Gasteiger partial charge in [-0.05, 0) is 37.5 Å². The van der Waals surface area contributed by atoms with Crippen molar-refractivity contribution in [2.45, 2.75) is 44.4 Å². The summed E-state index contributed by atoms with van der Waals surface area (Å²) >= 11 is 0. The van der Waals surface area contributed by atoms with Gasteiger partial charge in [0, 0.05) is 30.7 Å². The van der Waals surface area contributed by atoms with E-state index >= 15 is 0 Å². The van der Waals surface area contributed by atoms with E-state index in [0.717, 1.165) is 11.3 Å². The van der Waals surface area contributed by atoms with E-state index in [4.69, 9.17) is 0 Å². The van der Waals surface area contributed by atoms with E-state index in [1.165, 1.54) is 0 Å². The van der Waals surface area contributed by atoms with Gasteiger partial charge >= 0.3 is 0 Å². The number of alkyl halides is 2. The first kappa shape index (κ1) is 10.5. The lowest BCUT2D eigenvalue weighted by Crippen LogP contribution is -2.24. The smallest absolute Gasteiger partial charge is 0.248 e. The van der Waals surface area contributed by atoms with Crippen LogP contribution in [0, 0.1) is 6.92 Å². The molecule has 1 nitrogen and oxygen atoms in total. The first-order chi connectivity index (χ1) is 7.07. The molecular weight excluding hydrogens is 196 g/mol. The molecule has 82 valence electrons. The lowest BCUT2D eigenvalue weighted by atomic mass is 9.84. The summed E-state index contributed by atoms with van der Waals surface area (Å²) in [4.78, 5) is 4.27. The molecule has 1 aliphatic carbocycles. The Kier molecular flexibility index (Phi) is 2.72. The molecular formula is C12H15F2N. The molecule has 0 atom stereocenters. The molecule has 0 radical (unpaired) electrons. The third kappa shape index (κ3) is 2.52. The number of pyridine rings is 1. The normalized spacial score (nSPS) is 21.5. The summed E-state index contributed by atoms with van der Waals surface area (Å²) < 4.78 is 25.9. The predicted molar refractivity (Wildman–Crippen MR) is 55.1 cm³/mol. The molecule has 0 aliphatic heterocycles. The summed E-state index contributed by atoms with van der Waals surface area (Å²) in [5, 5.41) is 0. The minimum atomic E-state index is -2.44. The highest BCUT2D eigenvalue weighted by Crippen LogP contribution is 2.40. The van der Waals surface area contributed by atoms with E-state index in [2.05, 4.69) is 4.98 Å². The van der Waals surface area contributed by atoms with Crippen molar-refractivity contribution in [2.75, 3.05) is 0 Å². The number of hydrogen-bond acceptors (Lipinski definition) is 1. The summed E-state index contributed by atoms with van der Waals surface area (Å²) in [7, 11) is 0. The van der Waals surface area contributed by atoms with Crippen LogP contribution in [0.3, 0.4) is 0 Å². The van der Waals surface area contributed by atoms with Gasteiger partial charge < -0.3 is 0 Å². The zero-order chi connectivity index (χ0) is 10.9. The van der Waals surface area contributed by atoms with Crippen molar-refractivity contribution in [3.8, 4) is 0 Å². The van der Waals surface area contributed by atoms with Crippen molar-refractivity contribution in [3.63, 3.8) is 0 Å². The van der Waals surface area contributed by atoms with Gasteiger partial charge in [0.25, 0.3) is 0 Å². The van der Waals surface area contributed by atoms with Gasteiger partial charge in [-0.15, -0.1) is 0 Å². The fraction of sp³-hybridized carbons (Fsp3) is 0.583. The number of nitrogens with zero attached hydrogens (tertiary/aromatic N) is 1. The Bertz CT molecular complexity index is 339. The summed E-state index contributed by atoms with van der Waals surface area (Å²) in [5.41, 5.74) is 2.13. The highest BCUT2D eigenvalue weighted by atomic mass is 19.3. The van der Waals surface area contributed by atoms with E-state index in [0.29, 0.717) is 12.8 Å². The van der Waals surface area contributed by atoms with Gasteiger partial charge in [0.15, 0.2) is 0 Å². The topological polar surface area (TPSA) is 12.9 Å². The van der Waals surface area contributed by atoms with Gasteiger partial charge in [-0.3, -0.25) is 4.98 Å². The zero-order valence-electron chi connectivity index (χ0n) is 8.84. The Morgan fingerprint density at radius 1 is 1.33 bits per heavy atom. The summed E-state index contributed by atoms with van der Waals surface area (Å²) in [6.45, 7) is 2.00. The van der Waals surface area contributed by atoms with Gasteiger partial charge in [-0.1, -0.05) is 0 Å². The summed E-state index contributed by atoms with van der Waals surface area (Å²) in [5.74, 6) is -2.22. The van der Waals surface area contributed by atoms with Crippen molar-refractivity contribution in [3.05, 3.63) is 29.6 Å². The lowest BCUT2D eigenvalue weighted by Gasteiger charge is -2.27. The third-order valence-electron chi connectivity index (χ3n) is 3.07. The maximum atomic E-state index is 13.0. The van der Waals surface area contributed by atoms with Gasteiger partial charge in [0.1, 0.15) is 0 Å². The Morgan fingerprint density at radius 3 is 2.60 bits per heavy atom. The molecule has 1 aromatic rings. The van der Waals surface area contributed by atoms with Crippen LogP contribution in [0.1, 0.15) is 42.9 Å². The van der Waals surface area contributed by atoms with E-state index in [1.54, 1.807) is 6.20 Å². The van der Waals surface area contributed by atoms with Crippen molar-refractivity contribution in [1.82, 2.24) is 4.98 Å². The van der Waals surface area contributed by atoms with E-state index in [9.17, 15) is 8.78 Å². The van der Waals surface area contributed by atoms with Crippen molar-refractivity contribution in [1.29, 1.82) is 0 Å². The Labute approximate surface area is 88.5 Å². The first-order valence-electron chi connectivity index (χ1n) is 5.37. The SMILES string of the molecule is Cc1ccnc(C2CCC(F)(F)CC2)c1. The second kappa shape index (κ2) is 3.87. The van der Waals surface area contributed by atoms with Crippen LogP contribution in [0.4, 0.5) is 8.78 Å². The van der Waals surface area contributed by atoms with E-state index < -0.39 is 5.92 Å². The average molecular weight is 211 g/mol. The third-order valence-corrected chi connectivity index (χ3v) is 3.07. The Balaban J connectivity index is 2.08. The molecule has 3 heteroatoms. The second-order valence-corrected chi connectivity index (χ2v) is 4.39. The average Bonchev–Trinajstić information content (AvgIpc) is 2.17. The van der Waals surface area contributed by atoms with E-state index in [1.807, 2.05) is 19.1 Å². The summed E-state index contributed by atoms with van der Waals surface area (Å²) in [6.07, 6.45) is 2.89. The fourth-order valence-electron chi connectivity index (χ4n) is 2.12. The van der Waals surface area contributed by atoms with Gasteiger partial charge in [0.2, 0.25) is 5.92 Å². The molecule has 0 bridgehead atoms. The standard InChI is InChI=1S/C12H15F2N/c1-9-4-7-15-11(8-9)10-2-5-12(13,14)6-3-10/h4,7-8,10H,2-3,5-6H2,1H3. The number of rotatable bonds is 1. The fourth-order valence-corrected chi connectivity index (χ4v) is 2.12. The van der Waals surface area contributed by atoms with Crippen LogP contribution in [0.25, 0.3) is 0 Å². The molecule has 0 spiro atoms. The largest absolute Gasteiger partial charge is 0.261 e. The van der Waals surface area contributed by atoms with Crippen LogP contribution in [0.2, 0.25) is 0 Å². The molecule has 1 aromatic heterocycles. The van der Waals surface area contributed by atoms with Crippen molar-refractivity contribution < 1.29 is 8.78 Å². The highest BCUT2D eigenvalue weighted by molar-refractivity contribution is 5.18. The van der Waals surface area contributed by atoms with Crippen molar-refractivity contribution in [2.24, 2.45) is 0 Å². The lowest BCUT2D eigenvalue weighted by molar-refractivity contribution is -0.0384. The van der Waals surface area contributed by atoms with Crippen LogP contribution in [0.15, 0.2) is 18.3 Å². The predicted octanol–water partition coefficient (Wildman–Crippen LogP) is 3.68. The molecule has 0 saturated heterocycles. The molecule has 15 heavy (non-hydrogen) atoms. The number of halogens is 2. The second-order valence-electron chi connectivity index (χ2n) is 4.39. The van der Waals surface area contributed by atoms with Crippen LogP contribution in [-0.4, -0.2) is 10.9 Å². The van der Waals surface area contributed by atoms with Crippen LogP contribution >= 0.6 is 0 Å². The first-order valence-corrected chi connectivity index (χ1v) is 5.37. The molecule has 0 aromatic carbocycles. The minimum Gasteiger partial charge on any atom is -0.261 e. The molecule has 0 unspecified atom stereocenters. The van der Waals surface area contributed by atoms with Crippen LogP contribution < -0.4 is 0 Å². The van der Waals surface area contributed by atoms with Gasteiger partial charge in [-0.25, -0.2) is 8.78 Å². The maximum absolute atomic E-state index is 13.0.